The minimum atomic E-state index is -0.859. The lowest BCUT2D eigenvalue weighted by atomic mass is 10.2. The summed E-state index contributed by atoms with van der Waals surface area (Å²) in [6.07, 6.45) is 0.443. The van der Waals surface area contributed by atoms with Crippen molar-refractivity contribution in [3.8, 4) is 0 Å². The molecule has 0 amide bonds. The third-order valence-corrected chi connectivity index (χ3v) is 1.76. The smallest absolute Gasteiger partial charge is 0.428 e. The molecule has 0 radical (unpaired) electrons. The topological polar surface area (TPSA) is 61.8 Å². The van der Waals surface area contributed by atoms with E-state index in [0.29, 0.717) is 0 Å². The van der Waals surface area contributed by atoms with E-state index in [4.69, 9.17) is 14.2 Å². The van der Waals surface area contributed by atoms with Gasteiger partial charge < -0.3 is 14.2 Å². The second kappa shape index (κ2) is 4.65. The quantitative estimate of drug-likeness (QED) is 0.640. The van der Waals surface area contributed by atoms with Gasteiger partial charge in [0.2, 0.25) is 6.29 Å². The molecule has 0 aliphatic carbocycles. The van der Waals surface area contributed by atoms with Crippen LogP contribution in [0.4, 0.5) is 4.79 Å². The molecule has 0 aromatic heterocycles. The first-order chi connectivity index (χ1) is 7.28. The van der Waals surface area contributed by atoms with Crippen LogP contribution in [0.25, 0.3) is 0 Å². The van der Waals surface area contributed by atoms with Crippen LogP contribution in [0.3, 0.4) is 0 Å². The molecule has 0 N–H and O–H groups in total. The van der Waals surface area contributed by atoms with Crippen LogP contribution in [0, 0.1) is 0 Å². The zero-order valence-corrected chi connectivity index (χ0v) is 9.85. The third kappa shape index (κ3) is 4.02. The molecule has 16 heavy (non-hydrogen) atoms. The van der Waals surface area contributed by atoms with Crippen molar-refractivity contribution < 1.29 is 23.8 Å². The van der Waals surface area contributed by atoms with Gasteiger partial charge in [-0.15, -0.1) is 0 Å². The fourth-order valence-corrected chi connectivity index (χ4v) is 1.06. The van der Waals surface area contributed by atoms with E-state index in [2.05, 4.69) is 0 Å². The van der Waals surface area contributed by atoms with Crippen molar-refractivity contribution in [1.29, 1.82) is 0 Å². The van der Waals surface area contributed by atoms with Crippen molar-refractivity contribution >= 4 is 11.9 Å². The number of rotatable bonds is 1. The molecule has 2 atom stereocenters. The molecule has 0 saturated heterocycles. The van der Waals surface area contributed by atoms with Crippen molar-refractivity contribution in [3.05, 3.63) is 12.2 Å². The molecule has 0 bridgehead atoms. The van der Waals surface area contributed by atoms with Crippen molar-refractivity contribution in [3.63, 3.8) is 0 Å². The Morgan fingerprint density at radius 2 is 2.06 bits per heavy atom. The summed E-state index contributed by atoms with van der Waals surface area (Å²) in [5.74, 6) is -0.149. The van der Waals surface area contributed by atoms with E-state index in [1.54, 1.807) is 27.7 Å². The summed E-state index contributed by atoms with van der Waals surface area (Å²) in [4.78, 5) is 22.3. The Labute approximate surface area is 94.4 Å². The molecule has 1 aliphatic rings. The van der Waals surface area contributed by atoms with Crippen LogP contribution in [0.2, 0.25) is 0 Å². The number of ketones is 1. The summed E-state index contributed by atoms with van der Waals surface area (Å²) in [6, 6.07) is 0. The van der Waals surface area contributed by atoms with E-state index in [9.17, 15) is 9.59 Å². The van der Waals surface area contributed by atoms with Gasteiger partial charge in [-0.3, -0.25) is 4.79 Å². The summed E-state index contributed by atoms with van der Waals surface area (Å²) in [5.41, 5.74) is -0.614. The first-order valence-corrected chi connectivity index (χ1v) is 5.05. The molecule has 0 saturated carbocycles. The molecular weight excluding hydrogens is 212 g/mol. The Morgan fingerprint density at radius 1 is 1.44 bits per heavy atom. The van der Waals surface area contributed by atoms with Crippen LogP contribution >= 0.6 is 0 Å². The molecule has 1 rings (SSSR count). The van der Waals surface area contributed by atoms with Crippen molar-refractivity contribution in [2.45, 2.75) is 45.7 Å². The third-order valence-electron chi connectivity index (χ3n) is 1.76. The maximum Gasteiger partial charge on any atom is 0.511 e. The van der Waals surface area contributed by atoms with Gasteiger partial charge in [-0.2, -0.15) is 0 Å². The SMILES string of the molecule is C[C@@H]1O[C@H](OC(=O)OC(C)(C)C)C=CC1=O. The summed E-state index contributed by atoms with van der Waals surface area (Å²) < 4.78 is 14.9. The Hall–Kier alpha value is -1.36. The number of carbonyl (C=O) groups excluding carboxylic acids is 2. The zero-order chi connectivity index (χ0) is 12.3. The average Bonchev–Trinajstić information content (AvgIpc) is 2.08. The van der Waals surface area contributed by atoms with E-state index in [-0.39, 0.29) is 5.78 Å². The van der Waals surface area contributed by atoms with Gasteiger partial charge in [-0.05, 0) is 39.8 Å². The zero-order valence-electron chi connectivity index (χ0n) is 9.85. The summed E-state index contributed by atoms with van der Waals surface area (Å²) >= 11 is 0. The highest BCUT2D eigenvalue weighted by Gasteiger charge is 2.26. The molecule has 1 heterocycles. The van der Waals surface area contributed by atoms with E-state index >= 15 is 0 Å². The average molecular weight is 228 g/mol. The maximum absolute atomic E-state index is 11.3. The summed E-state index contributed by atoms with van der Waals surface area (Å²) in [6.45, 7) is 6.80. The van der Waals surface area contributed by atoms with E-state index < -0.39 is 24.2 Å². The number of hydrogen-bond donors (Lipinski definition) is 0. The van der Waals surface area contributed by atoms with Gasteiger partial charge in [-0.25, -0.2) is 4.79 Å². The van der Waals surface area contributed by atoms with Gasteiger partial charge in [0.05, 0.1) is 0 Å². The van der Waals surface area contributed by atoms with Crippen LogP contribution in [0.15, 0.2) is 12.2 Å². The molecule has 90 valence electrons. The lowest BCUT2D eigenvalue weighted by molar-refractivity contribution is -0.154. The Balaban J connectivity index is 2.47. The molecular formula is C11H16O5. The first-order valence-electron chi connectivity index (χ1n) is 5.05. The maximum atomic E-state index is 11.3. The molecule has 0 unspecified atom stereocenters. The van der Waals surface area contributed by atoms with Gasteiger partial charge in [0.25, 0.3) is 0 Å². The molecule has 0 spiro atoms. The van der Waals surface area contributed by atoms with Crippen molar-refractivity contribution in [1.82, 2.24) is 0 Å². The number of hydrogen-bond acceptors (Lipinski definition) is 5. The molecule has 0 fully saturated rings. The Morgan fingerprint density at radius 3 is 2.56 bits per heavy atom. The molecule has 5 heteroatoms. The van der Waals surface area contributed by atoms with E-state index in [1.165, 1.54) is 12.2 Å². The molecule has 0 aromatic carbocycles. The number of carbonyl (C=O) groups is 2. The van der Waals surface area contributed by atoms with Gasteiger partial charge >= 0.3 is 6.16 Å². The second-order valence-electron chi connectivity index (χ2n) is 4.49. The summed E-state index contributed by atoms with van der Waals surface area (Å²) in [7, 11) is 0. The highest BCUT2D eigenvalue weighted by atomic mass is 16.8. The summed E-state index contributed by atoms with van der Waals surface area (Å²) in [5, 5.41) is 0. The fraction of sp³-hybridized carbons (Fsp3) is 0.636. The predicted molar refractivity (Wildman–Crippen MR) is 55.8 cm³/mol. The van der Waals surface area contributed by atoms with Gasteiger partial charge in [-0.1, -0.05) is 0 Å². The minimum Gasteiger partial charge on any atom is -0.428 e. The number of ether oxygens (including phenoxy) is 3. The standard InChI is InChI=1S/C11H16O5/c1-7-8(12)5-6-9(14-7)15-10(13)16-11(2,3)4/h5-7,9H,1-4H3/t7-,9+/m0/s1. The lowest BCUT2D eigenvalue weighted by Crippen LogP contribution is -2.34. The van der Waals surface area contributed by atoms with Crippen LogP contribution in [-0.4, -0.2) is 29.9 Å². The van der Waals surface area contributed by atoms with Gasteiger partial charge in [0.1, 0.15) is 11.7 Å². The molecule has 0 aromatic rings. The van der Waals surface area contributed by atoms with Crippen molar-refractivity contribution in [2.75, 3.05) is 0 Å². The monoisotopic (exact) mass is 228 g/mol. The van der Waals surface area contributed by atoms with Crippen LogP contribution in [-0.2, 0) is 19.0 Å². The second-order valence-corrected chi connectivity index (χ2v) is 4.49. The normalized spacial score (nSPS) is 25.4. The first kappa shape index (κ1) is 12.7. The molecule has 5 nitrogen and oxygen atoms in total. The van der Waals surface area contributed by atoms with Crippen LogP contribution < -0.4 is 0 Å². The van der Waals surface area contributed by atoms with Gasteiger partial charge in [0, 0.05) is 0 Å². The Bertz CT molecular complexity index is 313. The fourth-order valence-electron chi connectivity index (χ4n) is 1.06. The van der Waals surface area contributed by atoms with E-state index in [1.807, 2.05) is 0 Å². The highest BCUT2D eigenvalue weighted by molar-refractivity contribution is 5.93. The minimum absolute atomic E-state index is 0.149. The highest BCUT2D eigenvalue weighted by Crippen LogP contribution is 2.14. The molecule has 1 aliphatic heterocycles. The van der Waals surface area contributed by atoms with Crippen LogP contribution in [0.1, 0.15) is 27.7 Å². The van der Waals surface area contributed by atoms with E-state index in [0.717, 1.165) is 0 Å². The van der Waals surface area contributed by atoms with Crippen molar-refractivity contribution in [2.24, 2.45) is 0 Å². The Kier molecular flexibility index (Phi) is 3.70. The van der Waals surface area contributed by atoms with Crippen LogP contribution in [0.5, 0.6) is 0 Å². The largest absolute Gasteiger partial charge is 0.511 e. The lowest BCUT2D eigenvalue weighted by Gasteiger charge is -2.24. The van der Waals surface area contributed by atoms with Gasteiger partial charge in [0.15, 0.2) is 5.78 Å². The predicted octanol–water partition coefficient (Wildman–Crippen LogP) is 1.81.